The summed E-state index contributed by atoms with van der Waals surface area (Å²) in [6.45, 7) is 7.56. The zero-order chi connectivity index (χ0) is 22.6. The van der Waals surface area contributed by atoms with Crippen molar-refractivity contribution in [3.63, 3.8) is 0 Å². The van der Waals surface area contributed by atoms with Crippen LogP contribution in [0, 0.1) is 0 Å². The fourth-order valence-corrected chi connectivity index (χ4v) is 3.00. The lowest BCUT2D eigenvalue weighted by atomic mass is 10.1. The number of rotatable bonds is 10. The van der Waals surface area contributed by atoms with E-state index in [2.05, 4.69) is 20.9 Å². The summed E-state index contributed by atoms with van der Waals surface area (Å²) in [7, 11) is 1.62. The molecule has 0 fully saturated rings. The number of amides is 1. The first kappa shape index (κ1) is 27.7. The van der Waals surface area contributed by atoms with Crippen LogP contribution in [-0.2, 0) is 6.42 Å². The van der Waals surface area contributed by atoms with E-state index in [1.54, 1.807) is 13.1 Å². The normalized spacial score (nSPS) is 12.0. The van der Waals surface area contributed by atoms with Crippen LogP contribution in [0.15, 0.2) is 53.5 Å². The number of benzene rings is 2. The minimum absolute atomic E-state index is 0. The van der Waals surface area contributed by atoms with E-state index in [0.717, 1.165) is 29.8 Å². The molecule has 0 heterocycles. The quantitative estimate of drug-likeness (QED) is 0.206. The van der Waals surface area contributed by atoms with Crippen molar-refractivity contribution in [1.82, 2.24) is 16.0 Å². The second-order valence-corrected chi connectivity index (χ2v) is 7.43. The Labute approximate surface area is 208 Å². The maximum Gasteiger partial charge on any atom is 0.251 e. The number of carbonyl (C=O) groups excluding carboxylic acids is 1. The molecule has 1 unspecified atom stereocenters. The first-order chi connectivity index (χ1) is 14.9. The van der Waals surface area contributed by atoms with Crippen LogP contribution in [0.2, 0.25) is 0 Å². The van der Waals surface area contributed by atoms with Gasteiger partial charge in [-0.2, -0.15) is 0 Å². The minimum atomic E-state index is -0.701. The minimum Gasteiger partial charge on any atom is -0.491 e. The lowest BCUT2D eigenvalue weighted by molar-refractivity contribution is 0.0963. The molecule has 0 aliphatic heterocycles. The zero-order valence-corrected chi connectivity index (χ0v) is 21.6. The van der Waals surface area contributed by atoms with Gasteiger partial charge in [0, 0.05) is 25.7 Å². The summed E-state index contributed by atoms with van der Waals surface area (Å²) in [5, 5.41) is 19.6. The van der Waals surface area contributed by atoms with Crippen molar-refractivity contribution in [3.05, 3.63) is 65.2 Å². The van der Waals surface area contributed by atoms with E-state index in [4.69, 9.17) is 4.74 Å². The Bertz CT molecular complexity index is 857. The number of hydrogen-bond acceptors (Lipinski definition) is 4. The van der Waals surface area contributed by atoms with Crippen LogP contribution in [0.1, 0.15) is 48.4 Å². The molecule has 0 saturated heterocycles. The van der Waals surface area contributed by atoms with Gasteiger partial charge in [-0.25, -0.2) is 0 Å². The number of aliphatic hydroxyl groups is 1. The third-order valence-electron chi connectivity index (χ3n) is 4.53. The molecule has 4 N–H and O–H groups in total. The van der Waals surface area contributed by atoms with E-state index < -0.39 is 6.10 Å². The number of guanidine groups is 1. The van der Waals surface area contributed by atoms with Gasteiger partial charge in [-0.05, 0) is 62.6 Å². The van der Waals surface area contributed by atoms with E-state index in [9.17, 15) is 9.90 Å². The highest BCUT2D eigenvalue weighted by Crippen LogP contribution is 2.19. The number of ether oxygens (including phenoxy) is 1. The Kier molecular flexibility index (Phi) is 12.7. The Morgan fingerprint density at radius 3 is 2.47 bits per heavy atom. The summed E-state index contributed by atoms with van der Waals surface area (Å²) in [4.78, 5) is 16.3. The van der Waals surface area contributed by atoms with Gasteiger partial charge in [-0.1, -0.05) is 24.3 Å². The second-order valence-electron chi connectivity index (χ2n) is 7.43. The molecule has 32 heavy (non-hydrogen) atoms. The third kappa shape index (κ3) is 9.44. The molecule has 176 valence electrons. The number of aliphatic hydroxyl groups excluding tert-OH is 1. The number of nitrogens with one attached hydrogen (secondary N) is 3. The summed E-state index contributed by atoms with van der Waals surface area (Å²) < 4.78 is 5.64. The molecule has 2 rings (SSSR count). The van der Waals surface area contributed by atoms with Crippen molar-refractivity contribution in [2.24, 2.45) is 4.99 Å². The highest BCUT2D eigenvalue weighted by Gasteiger charge is 2.09. The molecule has 0 aliphatic carbocycles. The molecule has 2 aromatic rings. The Morgan fingerprint density at radius 1 is 1.12 bits per heavy atom. The average molecular weight is 554 g/mol. The van der Waals surface area contributed by atoms with Crippen molar-refractivity contribution in [2.75, 3.05) is 26.7 Å². The van der Waals surface area contributed by atoms with Gasteiger partial charge < -0.3 is 25.8 Å². The van der Waals surface area contributed by atoms with Gasteiger partial charge in [0.25, 0.3) is 5.91 Å². The topological polar surface area (TPSA) is 95.0 Å². The summed E-state index contributed by atoms with van der Waals surface area (Å²) in [5.74, 6) is 1.33. The van der Waals surface area contributed by atoms with Gasteiger partial charge in [-0.3, -0.25) is 9.79 Å². The molecule has 7 nitrogen and oxygen atoms in total. The molecule has 2 aromatic carbocycles. The smallest absolute Gasteiger partial charge is 0.251 e. The van der Waals surface area contributed by atoms with Crippen LogP contribution < -0.4 is 20.7 Å². The first-order valence-electron chi connectivity index (χ1n) is 10.7. The Morgan fingerprint density at radius 2 is 1.84 bits per heavy atom. The fraction of sp³-hybridized carbons (Fsp3) is 0.417. The summed E-state index contributed by atoms with van der Waals surface area (Å²) in [6.07, 6.45) is 0.156. The predicted octanol–water partition coefficient (Wildman–Crippen LogP) is 3.28. The molecule has 0 aliphatic rings. The summed E-state index contributed by atoms with van der Waals surface area (Å²) >= 11 is 0. The van der Waals surface area contributed by atoms with E-state index in [1.165, 1.54) is 0 Å². The lowest BCUT2D eigenvalue weighted by Gasteiger charge is -2.14. The van der Waals surface area contributed by atoms with Gasteiger partial charge in [-0.15, -0.1) is 24.0 Å². The molecular formula is C24H35IN4O3. The molecule has 0 aromatic heterocycles. The van der Waals surface area contributed by atoms with E-state index >= 15 is 0 Å². The van der Waals surface area contributed by atoms with Crippen LogP contribution in [0.25, 0.3) is 0 Å². The molecule has 0 spiro atoms. The maximum atomic E-state index is 11.8. The maximum absolute atomic E-state index is 11.8. The predicted molar refractivity (Wildman–Crippen MR) is 140 cm³/mol. The molecule has 1 atom stereocenters. The lowest BCUT2D eigenvalue weighted by Crippen LogP contribution is -2.38. The third-order valence-corrected chi connectivity index (χ3v) is 4.53. The van der Waals surface area contributed by atoms with Crippen molar-refractivity contribution >= 4 is 35.8 Å². The van der Waals surface area contributed by atoms with E-state index in [-0.39, 0.29) is 42.5 Å². The standard InChI is InChI=1S/C24H34N4O3.HI/c1-5-26-24(27-14-13-18-7-6-8-20(15-18)23(30)25-4)28-16-22(29)19-9-11-21(12-10-19)31-17(2)3;/h6-12,15,17,22,29H,5,13-14,16H2,1-4H3,(H,25,30)(H2,26,27,28);1H. The molecule has 8 heteroatoms. The molecule has 1 amide bonds. The largest absolute Gasteiger partial charge is 0.491 e. The Balaban J connectivity index is 0.00000512. The van der Waals surface area contributed by atoms with Crippen LogP contribution in [0.3, 0.4) is 0 Å². The van der Waals surface area contributed by atoms with Gasteiger partial charge in [0.2, 0.25) is 0 Å². The first-order valence-corrected chi connectivity index (χ1v) is 10.7. The summed E-state index contributed by atoms with van der Waals surface area (Å²) in [6, 6.07) is 15.0. The van der Waals surface area contributed by atoms with Crippen molar-refractivity contribution in [2.45, 2.75) is 39.4 Å². The second kappa shape index (κ2) is 14.7. The van der Waals surface area contributed by atoms with Crippen LogP contribution >= 0.6 is 24.0 Å². The highest BCUT2D eigenvalue weighted by molar-refractivity contribution is 14.0. The van der Waals surface area contributed by atoms with E-state index in [1.807, 2.05) is 63.2 Å². The number of aliphatic imine (C=N–C) groups is 1. The number of halogens is 1. The highest BCUT2D eigenvalue weighted by atomic mass is 127. The Hall–Kier alpha value is -2.33. The van der Waals surface area contributed by atoms with Crippen LogP contribution in [0.4, 0.5) is 0 Å². The molecule has 0 saturated carbocycles. The van der Waals surface area contributed by atoms with Crippen LogP contribution in [-0.4, -0.2) is 49.8 Å². The van der Waals surface area contributed by atoms with Crippen molar-refractivity contribution in [1.29, 1.82) is 0 Å². The van der Waals surface area contributed by atoms with Gasteiger partial charge in [0.1, 0.15) is 5.75 Å². The number of carbonyl (C=O) groups is 1. The van der Waals surface area contributed by atoms with Crippen LogP contribution in [0.5, 0.6) is 5.75 Å². The number of nitrogens with zero attached hydrogens (tertiary/aromatic N) is 1. The van der Waals surface area contributed by atoms with Crippen molar-refractivity contribution in [3.8, 4) is 5.75 Å². The molecular weight excluding hydrogens is 519 g/mol. The molecule has 0 radical (unpaired) electrons. The van der Waals surface area contributed by atoms with E-state index in [0.29, 0.717) is 18.1 Å². The van der Waals surface area contributed by atoms with Gasteiger partial charge >= 0.3 is 0 Å². The summed E-state index contributed by atoms with van der Waals surface area (Å²) in [5.41, 5.74) is 2.50. The van der Waals surface area contributed by atoms with Crippen molar-refractivity contribution < 1.29 is 14.6 Å². The monoisotopic (exact) mass is 554 g/mol. The zero-order valence-electron chi connectivity index (χ0n) is 19.2. The SMILES string of the molecule is CCNC(=NCC(O)c1ccc(OC(C)C)cc1)NCCc1cccc(C(=O)NC)c1.I. The fourth-order valence-electron chi connectivity index (χ4n) is 3.00. The van der Waals surface area contributed by atoms with Gasteiger partial charge in [0.15, 0.2) is 5.96 Å². The number of hydrogen-bond donors (Lipinski definition) is 4. The average Bonchev–Trinajstić information content (AvgIpc) is 2.77. The molecule has 0 bridgehead atoms. The van der Waals surface area contributed by atoms with Gasteiger partial charge in [0.05, 0.1) is 18.8 Å².